The summed E-state index contributed by atoms with van der Waals surface area (Å²) in [5, 5.41) is 3.82. The van der Waals surface area contributed by atoms with Crippen molar-refractivity contribution >= 4 is 11.8 Å². The fourth-order valence-electron chi connectivity index (χ4n) is 4.28. The number of rotatable bonds is 5. The van der Waals surface area contributed by atoms with Crippen LogP contribution < -0.4 is 11.1 Å². The Labute approximate surface area is 151 Å². The zero-order chi connectivity index (χ0) is 17.2. The summed E-state index contributed by atoms with van der Waals surface area (Å²) in [7, 11) is 0. The number of aryl methyl sites for hydroxylation is 1. The third kappa shape index (κ3) is 3.64. The maximum absolute atomic E-state index is 6.55. The highest BCUT2D eigenvalue weighted by Crippen LogP contribution is 2.35. The number of benzene rings is 2. The molecule has 0 aliphatic heterocycles. The highest BCUT2D eigenvalue weighted by Gasteiger charge is 2.23. The summed E-state index contributed by atoms with van der Waals surface area (Å²) in [5.41, 5.74) is 14.7. The Morgan fingerprint density at radius 2 is 1.88 bits per heavy atom. The van der Waals surface area contributed by atoms with Crippen molar-refractivity contribution in [3.8, 4) is 0 Å². The molecular weight excluding hydrogens is 304 g/mol. The van der Waals surface area contributed by atoms with Gasteiger partial charge in [0.15, 0.2) is 0 Å². The van der Waals surface area contributed by atoms with Crippen LogP contribution in [0.15, 0.2) is 48.0 Å². The fraction of sp³-hybridized carbons (Fsp3) is 0.391. The summed E-state index contributed by atoms with van der Waals surface area (Å²) in [4.78, 5) is 0. The molecule has 2 aromatic carbocycles. The topological polar surface area (TPSA) is 38.0 Å². The van der Waals surface area contributed by atoms with E-state index < -0.39 is 0 Å². The number of anilines is 1. The van der Waals surface area contributed by atoms with Gasteiger partial charge in [-0.3, -0.25) is 0 Å². The molecule has 0 heterocycles. The molecule has 0 aromatic heterocycles. The van der Waals surface area contributed by atoms with Gasteiger partial charge in [0.1, 0.15) is 0 Å². The minimum absolute atomic E-state index is 0.0921. The molecule has 2 aromatic rings. The Hall–Kier alpha value is -2.06. The molecule has 0 bridgehead atoms. The molecule has 130 valence electrons. The van der Waals surface area contributed by atoms with E-state index in [9.17, 15) is 0 Å². The van der Waals surface area contributed by atoms with Crippen LogP contribution in [0.1, 0.15) is 47.9 Å². The van der Waals surface area contributed by atoms with Crippen molar-refractivity contribution in [1.82, 2.24) is 0 Å². The van der Waals surface area contributed by atoms with Crippen molar-refractivity contribution in [1.29, 1.82) is 0 Å². The number of fused-ring (bicyclic) bond motifs is 1. The van der Waals surface area contributed by atoms with Crippen LogP contribution >= 0.6 is 0 Å². The van der Waals surface area contributed by atoms with E-state index in [4.69, 9.17) is 5.73 Å². The quantitative estimate of drug-likeness (QED) is 0.820. The Balaban J connectivity index is 1.52. The predicted molar refractivity (Wildman–Crippen MR) is 107 cm³/mol. The molecule has 1 fully saturated rings. The average Bonchev–Trinajstić information content (AvgIpc) is 3.25. The van der Waals surface area contributed by atoms with Gasteiger partial charge in [0.2, 0.25) is 0 Å². The SMILES string of the molecule is Cc1cc2c(c(NC3CCCC3)c1)CC([C@H](N)Cc1ccccc1)=C2. The Morgan fingerprint density at radius 3 is 2.64 bits per heavy atom. The molecule has 2 heteroatoms. The minimum Gasteiger partial charge on any atom is -0.382 e. The first-order chi connectivity index (χ1) is 12.2. The Bertz CT molecular complexity index is 770. The van der Waals surface area contributed by atoms with Gasteiger partial charge < -0.3 is 11.1 Å². The first kappa shape index (κ1) is 16.4. The molecule has 0 saturated heterocycles. The fourth-order valence-corrected chi connectivity index (χ4v) is 4.28. The van der Waals surface area contributed by atoms with Crippen LogP contribution in [-0.2, 0) is 12.8 Å². The van der Waals surface area contributed by atoms with Gasteiger partial charge in [-0.2, -0.15) is 0 Å². The molecule has 0 spiro atoms. The Kier molecular flexibility index (Phi) is 4.63. The van der Waals surface area contributed by atoms with Crippen molar-refractivity contribution in [2.24, 2.45) is 5.73 Å². The van der Waals surface area contributed by atoms with Gasteiger partial charge in [0, 0.05) is 17.8 Å². The number of hydrogen-bond donors (Lipinski definition) is 2. The van der Waals surface area contributed by atoms with E-state index in [1.807, 2.05) is 0 Å². The summed E-state index contributed by atoms with van der Waals surface area (Å²) in [6.45, 7) is 2.19. The molecule has 0 amide bonds. The molecule has 25 heavy (non-hydrogen) atoms. The molecule has 2 aliphatic carbocycles. The van der Waals surface area contributed by atoms with Gasteiger partial charge in [-0.1, -0.05) is 55.3 Å². The highest BCUT2D eigenvalue weighted by molar-refractivity contribution is 5.73. The van der Waals surface area contributed by atoms with E-state index in [1.54, 1.807) is 0 Å². The van der Waals surface area contributed by atoms with Gasteiger partial charge in [-0.05, 0) is 66.5 Å². The highest BCUT2D eigenvalue weighted by atomic mass is 14.9. The van der Waals surface area contributed by atoms with E-state index in [-0.39, 0.29) is 6.04 Å². The lowest BCUT2D eigenvalue weighted by Gasteiger charge is -2.19. The maximum atomic E-state index is 6.55. The molecule has 2 nitrogen and oxygen atoms in total. The predicted octanol–water partition coefficient (Wildman–Crippen LogP) is 4.86. The molecule has 0 radical (unpaired) electrons. The lowest BCUT2D eigenvalue weighted by molar-refractivity contribution is 0.744. The van der Waals surface area contributed by atoms with Gasteiger partial charge in [0.05, 0.1) is 0 Å². The number of nitrogens with two attached hydrogens (primary N) is 1. The first-order valence-corrected chi connectivity index (χ1v) is 9.59. The lowest BCUT2D eigenvalue weighted by Crippen LogP contribution is -2.25. The van der Waals surface area contributed by atoms with E-state index >= 15 is 0 Å². The number of nitrogens with one attached hydrogen (secondary N) is 1. The second-order valence-corrected chi connectivity index (χ2v) is 7.70. The molecule has 2 aliphatic rings. The first-order valence-electron chi connectivity index (χ1n) is 9.59. The van der Waals surface area contributed by atoms with Crippen LogP contribution in [0.25, 0.3) is 6.08 Å². The Morgan fingerprint density at radius 1 is 1.12 bits per heavy atom. The van der Waals surface area contributed by atoms with E-state index in [0.717, 1.165) is 12.8 Å². The zero-order valence-corrected chi connectivity index (χ0v) is 15.1. The summed E-state index contributed by atoms with van der Waals surface area (Å²) in [6.07, 6.45) is 9.54. The van der Waals surface area contributed by atoms with E-state index in [2.05, 4.69) is 60.8 Å². The second kappa shape index (κ2) is 7.05. The van der Waals surface area contributed by atoms with Crippen LogP contribution in [0.5, 0.6) is 0 Å². The monoisotopic (exact) mass is 332 g/mol. The standard InChI is InChI=1S/C23H28N2/c1-16-11-18-14-19(22(24)13-17-7-3-2-4-8-17)15-21(18)23(12-16)25-20-9-5-6-10-20/h2-4,7-8,11-12,14,20,22,25H,5-6,9-10,13,15,24H2,1H3/t22-/m1/s1. The summed E-state index contributed by atoms with van der Waals surface area (Å²) < 4.78 is 0. The van der Waals surface area contributed by atoms with E-state index in [1.165, 1.54) is 59.2 Å². The molecule has 1 atom stereocenters. The summed E-state index contributed by atoms with van der Waals surface area (Å²) >= 11 is 0. The van der Waals surface area contributed by atoms with Gasteiger partial charge in [-0.15, -0.1) is 0 Å². The van der Waals surface area contributed by atoms with Crippen LogP contribution in [-0.4, -0.2) is 12.1 Å². The zero-order valence-electron chi connectivity index (χ0n) is 15.1. The molecule has 1 saturated carbocycles. The number of hydrogen-bond acceptors (Lipinski definition) is 2. The average molecular weight is 332 g/mol. The van der Waals surface area contributed by atoms with Crippen molar-refractivity contribution in [3.05, 3.63) is 70.3 Å². The largest absolute Gasteiger partial charge is 0.382 e. The van der Waals surface area contributed by atoms with Crippen molar-refractivity contribution < 1.29 is 0 Å². The summed E-state index contributed by atoms with van der Waals surface area (Å²) in [6, 6.07) is 15.9. The van der Waals surface area contributed by atoms with Gasteiger partial charge in [0.25, 0.3) is 0 Å². The third-order valence-electron chi connectivity index (χ3n) is 5.64. The minimum atomic E-state index is 0.0921. The summed E-state index contributed by atoms with van der Waals surface area (Å²) in [5.74, 6) is 0. The van der Waals surface area contributed by atoms with Crippen LogP contribution in [0.4, 0.5) is 5.69 Å². The normalized spacial score (nSPS) is 18.1. The third-order valence-corrected chi connectivity index (χ3v) is 5.64. The van der Waals surface area contributed by atoms with Crippen LogP contribution in [0, 0.1) is 6.92 Å². The van der Waals surface area contributed by atoms with Crippen molar-refractivity contribution in [3.63, 3.8) is 0 Å². The van der Waals surface area contributed by atoms with Crippen LogP contribution in [0.2, 0.25) is 0 Å². The van der Waals surface area contributed by atoms with Crippen LogP contribution in [0.3, 0.4) is 0 Å². The second-order valence-electron chi connectivity index (χ2n) is 7.70. The molecule has 0 unspecified atom stereocenters. The van der Waals surface area contributed by atoms with E-state index in [0.29, 0.717) is 6.04 Å². The molecular formula is C23H28N2. The lowest BCUT2D eigenvalue weighted by atomic mass is 9.97. The van der Waals surface area contributed by atoms with Gasteiger partial charge in [-0.25, -0.2) is 0 Å². The molecule has 4 rings (SSSR count). The van der Waals surface area contributed by atoms with Gasteiger partial charge >= 0.3 is 0 Å². The van der Waals surface area contributed by atoms with Crippen molar-refractivity contribution in [2.75, 3.05) is 5.32 Å². The maximum Gasteiger partial charge on any atom is 0.0386 e. The van der Waals surface area contributed by atoms with Crippen molar-refractivity contribution in [2.45, 2.75) is 57.5 Å². The smallest absolute Gasteiger partial charge is 0.0386 e. The molecule has 3 N–H and O–H groups in total.